The topological polar surface area (TPSA) is 79.4 Å². The smallest absolute Gasteiger partial charge is 0.265 e. The Bertz CT molecular complexity index is 1120. The number of rotatable bonds is 0. The first-order valence-corrected chi connectivity index (χ1v) is 10.9. The minimum Gasteiger partial charge on any atom is -0.440 e. The number of benzene rings is 2. The maximum atomic E-state index is 13.1. The number of aromatic nitrogens is 1. The van der Waals surface area contributed by atoms with Crippen LogP contribution in [0.25, 0.3) is 22.2 Å². The van der Waals surface area contributed by atoms with E-state index in [1.807, 2.05) is 30.3 Å². The van der Waals surface area contributed by atoms with Crippen molar-refractivity contribution in [3.8, 4) is 17.0 Å². The van der Waals surface area contributed by atoms with Gasteiger partial charge in [-0.05, 0) is 24.3 Å². The molecule has 0 unspecified atom stereocenters. The number of carbonyl (C=O) groups is 1. The Morgan fingerprint density at radius 3 is 2.77 bits per heavy atom. The van der Waals surface area contributed by atoms with Crippen molar-refractivity contribution >= 4 is 28.9 Å². The third-order valence-electron chi connectivity index (χ3n) is 5.26. The third kappa shape index (κ3) is 3.65. The van der Waals surface area contributed by atoms with Gasteiger partial charge in [0.2, 0.25) is 5.88 Å². The fourth-order valence-corrected chi connectivity index (χ4v) is 4.31. The zero-order chi connectivity index (χ0) is 20.3. The normalized spacial score (nSPS) is 17.7. The Labute approximate surface area is 179 Å². The molecule has 0 spiro atoms. The highest BCUT2D eigenvalue weighted by molar-refractivity contribution is 7.96. The first-order chi connectivity index (χ1) is 14.8. The molecule has 0 bridgehead atoms. The van der Waals surface area contributed by atoms with E-state index in [4.69, 9.17) is 4.74 Å². The van der Waals surface area contributed by atoms with Gasteiger partial charge in [0.25, 0.3) is 5.91 Å². The lowest BCUT2D eigenvalue weighted by atomic mass is 10.1. The molecule has 7 nitrogen and oxygen atoms in total. The van der Waals surface area contributed by atoms with Crippen LogP contribution in [0.4, 0.5) is 0 Å². The summed E-state index contributed by atoms with van der Waals surface area (Å²) in [6, 6.07) is 18.4. The van der Waals surface area contributed by atoms with Crippen molar-refractivity contribution in [3.05, 3.63) is 66.1 Å². The van der Waals surface area contributed by atoms with Crippen molar-refractivity contribution in [1.82, 2.24) is 24.6 Å². The molecule has 2 aliphatic rings. The first-order valence-electron chi connectivity index (χ1n) is 10.0. The van der Waals surface area contributed by atoms with Gasteiger partial charge in [0.15, 0.2) is 0 Å². The molecular weight excluding hydrogens is 398 g/mol. The van der Waals surface area contributed by atoms with E-state index < -0.39 is 0 Å². The summed E-state index contributed by atoms with van der Waals surface area (Å²) < 4.78 is 14.5. The number of hydrogen-bond donors (Lipinski definition) is 4. The number of ether oxygens (including phenoxy) is 1. The quantitative estimate of drug-likeness (QED) is 0.418. The van der Waals surface area contributed by atoms with Gasteiger partial charge in [-0.3, -0.25) is 9.52 Å². The molecule has 0 aliphatic carbocycles. The van der Waals surface area contributed by atoms with Gasteiger partial charge in [-0.25, -0.2) is 4.72 Å². The number of nitrogens with one attached hydrogen (secondary N) is 4. The van der Waals surface area contributed by atoms with Crippen LogP contribution >= 0.6 is 12.1 Å². The lowest BCUT2D eigenvalue weighted by Gasteiger charge is -2.24. The van der Waals surface area contributed by atoms with Crippen molar-refractivity contribution in [2.75, 3.05) is 26.2 Å². The second-order valence-corrected chi connectivity index (χ2v) is 7.88. The van der Waals surface area contributed by atoms with Gasteiger partial charge in [0.1, 0.15) is 5.75 Å². The van der Waals surface area contributed by atoms with Crippen LogP contribution in [0.3, 0.4) is 0 Å². The molecule has 0 fully saturated rings. The Morgan fingerprint density at radius 2 is 1.80 bits per heavy atom. The van der Waals surface area contributed by atoms with Gasteiger partial charge in [0, 0.05) is 54.8 Å². The highest BCUT2D eigenvalue weighted by Gasteiger charge is 2.25. The van der Waals surface area contributed by atoms with Gasteiger partial charge >= 0.3 is 0 Å². The Kier molecular flexibility index (Phi) is 5.35. The molecule has 3 heterocycles. The van der Waals surface area contributed by atoms with Crippen molar-refractivity contribution in [1.29, 1.82) is 0 Å². The zero-order valence-electron chi connectivity index (χ0n) is 16.4. The summed E-state index contributed by atoms with van der Waals surface area (Å²) in [5.74, 6) is 1.04. The number of amides is 1. The van der Waals surface area contributed by atoms with Crippen LogP contribution < -0.4 is 24.8 Å². The van der Waals surface area contributed by atoms with Crippen molar-refractivity contribution < 1.29 is 9.53 Å². The van der Waals surface area contributed by atoms with Gasteiger partial charge < -0.3 is 19.9 Å². The van der Waals surface area contributed by atoms with Crippen LogP contribution in [-0.4, -0.2) is 36.7 Å². The molecule has 3 aromatic rings. The fourth-order valence-electron chi connectivity index (χ4n) is 3.81. The second-order valence-electron chi connectivity index (χ2n) is 7.18. The average Bonchev–Trinajstić information content (AvgIpc) is 3.11. The minimum atomic E-state index is -0.174. The predicted octanol–water partition coefficient (Wildman–Crippen LogP) is 2.37. The Hall–Kier alpha value is -2.94. The van der Waals surface area contributed by atoms with Crippen LogP contribution in [0.1, 0.15) is 0 Å². The van der Waals surface area contributed by atoms with Gasteiger partial charge in [-0.1, -0.05) is 30.3 Å². The van der Waals surface area contributed by atoms with E-state index in [-0.39, 0.29) is 5.91 Å². The van der Waals surface area contributed by atoms with E-state index in [2.05, 4.69) is 48.9 Å². The lowest BCUT2D eigenvalue weighted by molar-refractivity contribution is -0.116. The summed E-state index contributed by atoms with van der Waals surface area (Å²) >= 11 is 1.20. The molecule has 0 radical (unpaired) electrons. The largest absolute Gasteiger partial charge is 0.440 e. The summed E-state index contributed by atoms with van der Waals surface area (Å²) in [6.07, 6.45) is 0. The monoisotopic (exact) mass is 421 g/mol. The number of carbonyl (C=O) groups excluding carboxylic acids is 1. The van der Waals surface area contributed by atoms with E-state index in [0.717, 1.165) is 47.5 Å². The van der Waals surface area contributed by atoms with E-state index in [9.17, 15) is 4.79 Å². The summed E-state index contributed by atoms with van der Waals surface area (Å²) in [6.45, 7) is 3.40. The summed E-state index contributed by atoms with van der Waals surface area (Å²) in [5.41, 5.74) is 3.68. The number of hydrogen-bond acceptors (Lipinski definition) is 6. The fraction of sp³-hybridized carbons (Fsp3) is 0.227. The van der Waals surface area contributed by atoms with Crippen LogP contribution in [0.15, 0.2) is 66.1 Å². The van der Waals surface area contributed by atoms with E-state index in [0.29, 0.717) is 24.5 Å². The molecule has 1 amide bonds. The standard InChI is InChI=1S/C22H23N5O2S/c28-21-17-14-27-18-7-3-1-5-15(18)13-19(27)16-6-2-4-8-20(16)29-22(17)24-11-9-23-10-12-25-30-26-21/h1-8,13,23-25H,9-12,14H2,(H,26,28). The maximum absolute atomic E-state index is 13.1. The Morgan fingerprint density at radius 1 is 0.967 bits per heavy atom. The third-order valence-corrected chi connectivity index (χ3v) is 5.89. The molecule has 154 valence electrons. The number of nitrogens with zero attached hydrogens (tertiary/aromatic N) is 1. The molecule has 2 aromatic carbocycles. The molecule has 30 heavy (non-hydrogen) atoms. The van der Waals surface area contributed by atoms with E-state index in [1.165, 1.54) is 12.1 Å². The molecule has 8 heteroatoms. The highest BCUT2D eigenvalue weighted by atomic mass is 32.2. The van der Waals surface area contributed by atoms with Crippen molar-refractivity contribution in [2.24, 2.45) is 0 Å². The Balaban J connectivity index is 1.67. The van der Waals surface area contributed by atoms with Crippen LogP contribution in [0.5, 0.6) is 5.75 Å². The molecule has 1 aromatic heterocycles. The number of para-hydroxylation sites is 2. The lowest BCUT2D eigenvalue weighted by Crippen LogP contribution is -2.37. The second kappa shape index (κ2) is 8.43. The van der Waals surface area contributed by atoms with Gasteiger partial charge in [-0.15, -0.1) is 0 Å². The molecular formula is C22H23N5O2S. The SMILES string of the molecule is O=C1NSNCCNCCNC2=C1Cn1c(cc3ccccc31)-c1ccccc1O2. The predicted molar refractivity (Wildman–Crippen MR) is 120 cm³/mol. The average molecular weight is 422 g/mol. The minimum absolute atomic E-state index is 0.174. The molecule has 0 atom stereocenters. The van der Waals surface area contributed by atoms with Gasteiger partial charge in [0.05, 0.1) is 17.8 Å². The maximum Gasteiger partial charge on any atom is 0.265 e. The molecule has 5 rings (SSSR count). The van der Waals surface area contributed by atoms with E-state index >= 15 is 0 Å². The molecule has 0 saturated carbocycles. The van der Waals surface area contributed by atoms with Gasteiger partial charge in [-0.2, -0.15) is 0 Å². The van der Waals surface area contributed by atoms with Crippen LogP contribution in [0, 0.1) is 0 Å². The van der Waals surface area contributed by atoms with Crippen LogP contribution in [-0.2, 0) is 11.3 Å². The van der Waals surface area contributed by atoms with Crippen molar-refractivity contribution in [3.63, 3.8) is 0 Å². The highest BCUT2D eigenvalue weighted by Crippen LogP contribution is 2.37. The summed E-state index contributed by atoms with van der Waals surface area (Å²) in [4.78, 5) is 13.1. The zero-order valence-corrected chi connectivity index (χ0v) is 17.2. The summed E-state index contributed by atoms with van der Waals surface area (Å²) in [5, 5.41) is 7.83. The molecule has 2 aliphatic heterocycles. The first kappa shape index (κ1) is 19.0. The number of fused-ring (bicyclic) bond motifs is 5. The van der Waals surface area contributed by atoms with Crippen molar-refractivity contribution in [2.45, 2.75) is 6.54 Å². The van der Waals surface area contributed by atoms with Crippen LogP contribution in [0.2, 0.25) is 0 Å². The molecule has 0 saturated heterocycles. The van der Waals surface area contributed by atoms with E-state index in [1.54, 1.807) is 0 Å². The molecule has 4 N–H and O–H groups in total. The summed E-state index contributed by atoms with van der Waals surface area (Å²) in [7, 11) is 0.